The molecule has 2 rings (SSSR count). The van der Waals surface area contributed by atoms with Crippen LogP contribution in [-0.4, -0.2) is 13.1 Å². The molecule has 1 aromatic carbocycles. The van der Waals surface area contributed by atoms with Crippen molar-refractivity contribution < 1.29 is 0 Å². The molecule has 1 aliphatic heterocycles. The highest BCUT2D eigenvalue weighted by molar-refractivity contribution is 5.26. The molecule has 1 aromatic rings. The van der Waals surface area contributed by atoms with E-state index in [2.05, 4.69) is 57.3 Å². The second-order valence-electron chi connectivity index (χ2n) is 6.48. The van der Waals surface area contributed by atoms with E-state index in [1.807, 2.05) is 0 Å². The lowest BCUT2D eigenvalue weighted by Gasteiger charge is -2.41. The van der Waals surface area contributed by atoms with Crippen LogP contribution in [0.5, 0.6) is 0 Å². The van der Waals surface area contributed by atoms with Crippen LogP contribution >= 0.6 is 0 Å². The number of hydrogen-bond acceptors (Lipinski definition) is 1. The van der Waals surface area contributed by atoms with Crippen LogP contribution in [0.2, 0.25) is 0 Å². The molecule has 0 aliphatic carbocycles. The molecule has 2 atom stereocenters. The van der Waals surface area contributed by atoms with E-state index in [0.717, 1.165) is 12.5 Å². The Morgan fingerprint density at radius 2 is 1.76 bits per heavy atom. The summed E-state index contributed by atoms with van der Waals surface area (Å²) in [7, 11) is 0. The van der Waals surface area contributed by atoms with E-state index < -0.39 is 0 Å². The van der Waals surface area contributed by atoms with Crippen LogP contribution in [0.25, 0.3) is 0 Å². The lowest BCUT2D eigenvalue weighted by atomic mass is 9.68. The van der Waals surface area contributed by atoms with E-state index in [4.69, 9.17) is 0 Å². The van der Waals surface area contributed by atoms with Gasteiger partial charge in [0.25, 0.3) is 0 Å². The topological polar surface area (TPSA) is 12.0 Å². The van der Waals surface area contributed by atoms with Gasteiger partial charge in [-0.25, -0.2) is 0 Å². The van der Waals surface area contributed by atoms with Crippen molar-refractivity contribution in [2.45, 2.75) is 40.0 Å². The lowest BCUT2D eigenvalue weighted by Crippen LogP contribution is -2.40. The molecule has 1 fully saturated rings. The van der Waals surface area contributed by atoms with Gasteiger partial charge in [-0.05, 0) is 42.7 Å². The number of piperidine rings is 1. The summed E-state index contributed by atoms with van der Waals surface area (Å²) >= 11 is 0. The maximum Gasteiger partial charge on any atom is 0.00230 e. The second-order valence-corrected chi connectivity index (χ2v) is 6.48. The Hall–Kier alpha value is -0.820. The van der Waals surface area contributed by atoms with Crippen LogP contribution in [0, 0.1) is 18.3 Å². The zero-order valence-electron chi connectivity index (χ0n) is 11.6. The fourth-order valence-corrected chi connectivity index (χ4v) is 3.06. The third kappa shape index (κ3) is 2.90. The predicted molar refractivity (Wildman–Crippen MR) is 74.4 cm³/mol. The summed E-state index contributed by atoms with van der Waals surface area (Å²) in [5.41, 5.74) is 3.25. The first-order chi connectivity index (χ1) is 7.98. The Balaban J connectivity index is 2.25. The van der Waals surface area contributed by atoms with Crippen molar-refractivity contribution >= 4 is 0 Å². The van der Waals surface area contributed by atoms with Crippen molar-refractivity contribution in [3.63, 3.8) is 0 Å². The zero-order valence-corrected chi connectivity index (χ0v) is 11.6. The third-order valence-corrected chi connectivity index (χ3v) is 4.10. The van der Waals surface area contributed by atoms with Gasteiger partial charge in [0.2, 0.25) is 0 Å². The maximum absolute atomic E-state index is 3.55. The van der Waals surface area contributed by atoms with Crippen LogP contribution in [0.15, 0.2) is 24.3 Å². The molecule has 1 nitrogen and oxygen atoms in total. The Labute approximate surface area is 106 Å². The van der Waals surface area contributed by atoms with Crippen LogP contribution < -0.4 is 5.32 Å². The molecule has 0 bridgehead atoms. The molecular formula is C16H25N. The van der Waals surface area contributed by atoms with E-state index in [1.165, 1.54) is 24.1 Å². The molecule has 0 spiro atoms. The van der Waals surface area contributed by atoms with Crippen molar-refractivity contribution in [2.75, 3.05) is 13.1 Å². The molecule has 1 aliphatic rings. The molecule has 1 N–H and O–H groups in total. The van der Waals surface area contributed by atoms with Gasteiger partial charge >= 0.3 is 0 Å². The molecule has 17 heavy (non-hydrogen) atoms. The first kappa shape index (κ1) is 12.6. The van der Waals surface area contributed by atoms with E-state index in [0.29, 0.717) is 11.3 Å². The SMILES string of the molecule is Cc1ccc(C2CNCCC2C(C)(C)C)cc1. The van der Waals surface area contributed by atoms with E-state index in [9.17, 15) is 0 Å². The average molecular weight is 231 g/mol. The van der Waals surface area contributed by atoms with E-state index in [-0.39, 0.29) is 0 Å². The van der Waals surface area contributed by atoms with Crippen LogP contribution in [0.1, 0.15) is 44.2 Å². The highest BCUT2D eigenvalue weighted by Gasteiger charge is 2.34. The van der Waals surface area contributed by atoms with Crippen molar-refractivity contribution in [3.05, 3.63) is 35.4 Å². The highest BCUT2D eigenvalue weighted by Crippen LogP contribution is 2.41. The molecule has 0 saturated carbocycles. The molecular weight excluding hydrogens is 206 g/mol. The first-order valence-electron chi connectivity index (χ1n) is 6.76. The minimum Gasteiger partial charge on any atom is -0.316 e. The summed E-state index contributed by atoms with van der Waals surface area (Å²) in [6, 6.07) is 9.10. The van der Waals surface area contributed by atoms with Crippen molar-refractivity contribution in [1.82, 2.24) is 5.32 Å². The quantitative estimate of drug-likeness (QED) is 0.776. The molecule has 94 valence electrons. The van der Waals surface area contributed by atoms with Crippen LogP contribution in [0.4, 0.5) is 0 Å². The zero-order chi connectivity index (χ0) is 12.5. The molecule has 2 unspecified atom stereocenters. The molecule has 1 heteroatoms. The Morgan fingerprint density at radius 3 is 2.35 bits per heavy atom. The number of aryl methyl sites for hydroxylation is 1. The molecule has 1 saturated heterocycles. The minimum atomic E-state index is 0.400. The van der Waals surface area contributed by atoms with Gasteiger partial charge in [0, 0.05) is 6.54 Å². The number of hydrogen-bond donors (Lipinski definition) is 1. The van der Waals surface area contributed by atoms with Gasteiger partial charge < -0.3 is 5.32 Å². The largest absolute Gasteiger partial charge is 0.316 e. The summed E-state index contributed by atoms with van der Waals surface area (Å²) in [5, 5.41) is 3.55. The van der Waals surface area contributed by atoms with Crippen LogP contribution in [-0.2, 0) is 0 Å². The van der Waals surface area contributed by atoms with Gasteiger partial charge in [0.05, 0.1) is 0 Å². The Kier molecular flexibility index (Phi) is 3.58. The summed E-state index contributed by atoms with van der Waals surface area (Å²) in [6.45, 7) is 11.6. The van der Waals surface area contributed by atoms with Crippen molar-refractivity contribution in [2.24, 2.45) is 11.3 Å². The summed E-state index contributed by atoms with van der Waals surface area (Å²) in [5.74, 6) is 1.45. The summed E-state index contributed by atoms with van der Waals surface area (Å²) < 4.78 is 0. The fraction of sp³-hybridized carbons (Fsp3) is 0.625. The van der Waals surface area contributed by atoms with Crippen LogP contribution in [0.3, 0.4) is 0 Å². The highest BCUT2D eigenvalue weighted by atomic mass is 14.9. The number of rotatable bonds is 1. The standard InChI is InChI=1S/C16H25N/c1-12-5-7-13(8-6-12)14-11-17-10-9-15(14)16(2,3)4/h5-8,14-15,17H,9-11H2,1-4H3. The normalized spacial score (nSPS) is 25.9. The van der Waals surface area contributed by atoms with E-state index >= 15 is 0 Å². The maximum atomic E-state index is 3.55. The van der Waals surface area contributed by atoms with E-state index in [1.54, 1.807) is 0 Å². The summed E-state index contributed by atoms with van der Waals surface area (Å²) in [4.78, 5) is 0. The van der Waals surface area contributed by atoms with Gasteiger partial charge in [0.1, 0.15) is 0 Å². The van der Waals surface area contributed by atoms with Crippen molar-refractivity contribution in [1.29, 1.82) is 0 Å². The Morgan fingerprint density at radius 1 is 1.12 bits per heavy atom. The monoisotopic (exact) mass is 231 g/mol. The van der Waals surface area contributed by atoms with Gasteiger partial charge in [-0.2, -0.15) is 0 Å². The molecule has 1 heterocycles. The van der Waals surface area contributed by atoms with Gasteiger partial charge in [-0.3, -0.25) is 0 Å². The van der Waals surface area contributed by atoms with Gasteiger partial charge in [0.15, 0.2) is 0 Å². The first-order valence-corrected chi connectivity index (χ1v) is 6.76. The second kappa shape index (κ2) is 4.81. The minimum absolute atomic E-state index is 0.400. The third-order valence-electron chi connectivity index (χ3n) is 4.10. The number of nitrogens with one attached hydrogen (secondary N) is 1. The Bertz CT molecular complexity index is 358. The lowest BCUT2D eigenvalue weighted by molar-refractivity contribution is 0.160. The average Bonchev–Trinajstić information content (AvgIpc) is 2.29. The molecule has 0 radical (unpaired) electrons. The summed E-state index contributed by atoms with van der Waals surface area (Å²) in [6.07, 6.45) is 1.29. The predicted octanol–water partition coefficient (Wildman–Crippen LogP) is 3.73. The van der Waals surface area contributed by atoms with Crippen molar-refractivity contribution in [3.8, 4) is 0 Å². The molecule has 0 aromatic heterocycles. The fourth-order valence-electron chi connectivity index (χ4n) is 3.06. The van der Waals surface area contributed by atoms with Gasteiger partial charge in [-0.1, -0.05) is 50.6 Å². The molecule has 0 amide bonds. The smallest absolute Gasteiger partial charge is 0.00230 e. The van der Waals surface area contributed by atoms with Gasteiger partial charge in [-0.15, -0.1) is 0 Å². The number of benzene rings is 1.